The fourth-order valence-corrected chi connectivity index (χ4v) is 2.22. The molecule has 0 radical (unpaired) electrons. The quantitative estimate of drug-likeness (QED) is 0.101. The van der Waals surface area contributed by atoms with Gasteiger partial charge in [-0.2, -0.15) is 0 Å². The molecule has 3 nitrogen and oxygen atoms in total. The first-order chi connectivity index (χ1) is 10.4. The highest BCUT2D eigenvalue weighted by molar-refractivity contribution is 4.92. The summed E-state index contributed by atoms with van der Waals surface area (Å²) in [6.07, 6.45) is 24.2. The van der Waals surface area contributed by atoms with Gasteiger partial charge in [0.1, 0.15) is 0 Å². The highest BCUT2D eigenvalue weighted by Gasteiger charge is 1.90. The van der Waals surface area contributed by atoms with Crippen LogP contribution in [0.2, 0.25) is 0 Å². The number of nitrogens with zero attached hydrogens (tertiary/aromatic N) is 3. The maximum Gasteiger partial charge on any atom is 0.0257 e. The molecule has 0 aromatic rings. The monoisotopic (exact) mass is 291 g/mol. The lowest BCUT2D eigenvalue weighted by Gasteiger charge is -1.98. The van der Waals surface area contributed by atoms with Gasteiger partial charge in [0.05, 0.1) is 0 Å². The van der Waals surface area contributed by atoms with Crippen molar-refractivity contribution in [3.63, 3.8) is 0 Å². The van der Waals surface area contributed by atoms with Crippen molar-refractivity contribution < 1.29 is 0 Å². The highest BCUT2D eigenvalue weighted by atomic mass is 15.1. The summed E-state index contributed by atoms with van der Waals surface area (Å²) in [5, 5.41) is 3.54. The molecular formula is C18H33N3. The van der Waals surface area contributed by atoms with E-state index >= 15 is 0 Å². The molecule has 0 atom stereocenters. The van der Waals surface area contributed by atoms with E-state index in [0.29, 0.717) is 6.54 Å². The van der Waals surface area contributed by atoms with Crippen molar-refractivity contribution >= 4 is 0 Å². The molecule has 0 amide bonds. The molecule has 0 heterocycles. The summed E-state index contributed by atoms with van der Waals surface area (Å²) in [4.78, 5) is 2.76. The minimum Gasteiger partial charge on any atom is -0.0940 e. The third kappa shape index (κ3) is 18.8. The Morgan fingerprint density at radius 3 is 1.95 bits per heavy atom. The van der Waals surface area contributed by atoms with Crippen molar-refractivity contribution in [1.82, 2.24) is 0 Å². The Bertz CT molecular complexity index is 302. The molecule has 0 saturated carbocycles. The Morgan fingerprint density at radius 2 is 1.33 bits per heavy atom. The van der Waals surface area contributed by atoms with Gasteiger partial charge in [0.15, 0.2) is 0 Å². The lowest BCUT2D eigenvalue weighted by molar-refractivity contribution is 0.600. The van der Waals surface area contributed by atoms with E-state index < -0.39 is 0 Å². The van der Waals surface area contributed by atoms with Gasteiger partial charge in [0, 0.05) is 11.5 Å². The van der Waals surface area contributed by atoms with Crippen LogP contribution in [0.4, 0.5) is 0 Å². The first-order valence-corrected chi connectivity index (χ1v) is 8.72. The van der Waals surface area contributed by atoms with Crippen LogP contribution in [0.15, 0.2) is 29.4 Å². The SMILES string of the molecule is CCCCCC=CCC=CCCCCCCCCN=[N+]=[N-]. The second kappa shape index (κ2) is 18.8. The smallest absolute Gasteiger partial charge is 0.0257 e. The highest BCUT2D eigenvalue weighted by Crippen LogP contribution is 2.08. The normalized spacial score (nSPS) is 11.3. The molecule has 0 N–H and O–H groups in total. The van der Waals surface area contributed by atoms with E-state index in [-0.39, 0.29) is 0 Å². The van der Waals surface area contributed by atoms with Crippen molar-refractivity contribution in [1.29, 1.82) is 0 Å². The van der Waals surface area contributed by atoms with Gasteiger partial charge < -0.3 is 0 Å². The predicted octanol–water partition coefficient (Wildman–Crippen LogP) is 7.11. The zero-order valence-electron chi connectivity index (χ0n) is 13.8. The minimum atomic E-state index is 0.658. The topological polar surface area (TPSA) is 48.8 Å². The average molecular weight is 291 g/mol. The molecule has 0 bridgehead atoms. The Balaban J connectivity index is 3.16. The van der Waals surface area contributed by atoms with Gasteiger partial charge >= 0.3 is 0 Å². The molecular weight excluding hydrogens is 258 g/mol. The third-order valence-corrected chi connectivity index (χ3v) is 3.52. The lowest BCUT2D eigenvalue weighted by atomic mass is 10.1. The summed E-state index contributed by atoms with van der Waals surface area (Å²) in [5.74, 6) is 0. The third-order valence-electron chi connectivity index (χ3n) is 3.52. The first-order valence-electron chi connectivity index (χ1n) is 8.72. The maximum atomic E-state index is 8.14. The Labute approximate surface area is 131 Å². The summed E-state index contributed by atoms with van der Waals surface area (Å²) >= 11 is 0. The molecule has 0 aliphatic heterocycles. The van der Waals surface area contributed by atoms with Crippen LogP contribution in [0.3, 0.4) is 0 Å². The summed E-state index contributed by atoms with van der Waals surface area (Å²) in [7, 11) is 0. The van der Waals surface area contributed by atoms with Crippen LogP contribution >= 0.6 is 0 Å². The van der Waals surface area contributed by atoms with Crippen LogP contribution in [0.1, 0.15) is 84.0 Å². The number of azide groups is 1. The first kappa shape index (κ1) is 19.8. The van der Waals surface area contributed by atoms with Gasteiger partial charge in [-0.3, -0.25) is 0 Å². The summed E-state index contributed by atoms with van der Waals surface area (Å²) in [6, 6.07) is 0. The van der Waals surface area contributed by atoms with Gasteiger partial charge in [-0.05, 0) is 44.1 Å². The number of rotatable bonds is 15. The standard InChI is InChI=1S/C18H33N3/c1-2-3-4-5-6-7-8-9-10-11-12-13-14-15-16-17-18-20-21-19/h6-7,9-10H,2-5,8,11-18H2,1H3. The largest absolute Gasteiger partial charge is 0.0940 e. The molecule has 0 rings (SSSR count). The zero-order chi connectivity index (χ0) is 15.4. The number of allylic oxidation sites excluding steroid dienone is 4. The van der Waals surface area contributed by atoms with Crippen LogP contribution in [-0.4, -0.2) is 6.54 Å². The van der Waals surface area contributed by atoms with Crippen LogP contribution in [0, 0.1) is 0 Å². The Morgan fingerprint density at radius 1 is 0.762 bits per heavy atom. The molecule has 0 aromatic carbocycles. The molecule has 0 spiro atoms. The average Bonchev–Trinajstić information content (AvgIpc) is 2.50. The van der Waals surface area contributed by atoms with Crippen molar-refractivity contribution in [2.24, 2.45) is 5.11 Å². The predicted molar refractivity (Wildman–Crippen MR) is 93.4 cm³/mol. The van der Waals surface area contributed by atoms with E-state index in [1.54, 1.807) is 0 Å². The molecule has 0 aromatic heterocycles. The molecule has 0 unspecified atom stereocenters. The van der Waals surface area contributed by atoms with Crippen molar-refractivity contribution in [2.45, 2.75) is 84.0 Å². The molecule has 3 heteroatoms. The van der Waals surface area contributed by atoms with E-state index in [2.05, 4.69) is 41.3 Å². The van der Waals surface area contributed by atoms with Gasteiger partial charge in [0.25, 0.3) is 0 Å². The van der Waals surface area contributed by atoms with E-state index in [4.69, 9.17) is 5.53 Å². The molecule has 0 saturated heterocycles. The fourth-order valence-electron chi connectivity index (χ4n) is 2.22. The second-order valence-corrected chi connectivity index (χ2v) is 5.54. The van der Waals surface area contributed by atoms with Crippen LogP contribution < -0.4 is 0 Å². The molecule has 0 fully saturated rings. The number of unbranched alkanes of at least 4 members (excludes halogenated alkanes) is 9. The number of hydrogen-bond acceptors (Lipinski definition) is 1. The minimum absolute atomic E-state index is 0.658. The number of hydrogen-bond donors (Lipinski definition) is 0. The molecule has 120 valence electrons. The van der Waals surface area contributed by atoms with Crippen molar-refractivity contribution in [2.75, 3.05) is 6.54 Å². The van der Waals surface area contributed by atoms with Gasteiger partial charge in [-0.25, -0.2) is 0 Å². The van der Waals surface area contributed by atoms with Crippen LogP contribution in [-0.2, 0) is 0 Å². The Kier molecular flexibility index (Phi) is 17.7. The molecule has 0 aliphatic rings. The van der Waals surface area contributed by atoms with Gasteiger partial charge in [-0.15, -0.1) is 0 Å². The summed E-state index contributed by atoms with van der Waals surface area (Å²) in [6.45, 7) is 2.90. The molecule has 21 heavy (non-hydrogen) atoms. The zero-order valence-corrected chi connectivity index (χ0v) is 13.8. The van der Waals surface area contributed by atoms with Crippen LogP contribution in [0.25, 0.3) is 10.4 Å². The van der Waals surface area contributed by atoms with Crippen molar-refractivity contribution in [3.05, 3.63) is 34.7 Å². The molecule has 0 aliphatic carbocycles. The Hall–Kier alpha value is -1.21. The lowest BCUT2D eigenvalue weighted by Crippen LogP contribution is -1.82. The van der Waals surface area contributed by atoms with Gasteiger partial charge in [0.2, 0.25) is 0 Å². The van der Waals surface area contributed by atoms with Gasteiger partial charge in [-0.1, -0.05) is 74.9 Å². The fraction of sp³-hybridized carbons (Fsp3) is 0.778. The maximum absolute atomic E-state index is 8.14. The van der Waals surface area contributed by atoms with E-state index in [1.165, 1.54) is 64.2 Å². The van der Waals surface area contributed by atoms with Crippen molar-refractivity contribution in [3.8, 4) is 0 Å². The van der Waals surface area contributed by atoms with Crippen LogP contribution in [0.5, 0.6) is 0 Å². The second-order valence-electron chi connectivity index (χ2n) is 5.54. The van der Waals surface area contributed by atoms with E-state index in [0.717, 1.165) is 12.8 Å². The summed E-state index contributed by atoms with van der Waals surface area (Å²) in [5.41, 5.74) is 8.14. The van der Waals surface area contributed by atoms with E-state index in [9.17, 15) is 0 Å². The summed E-state index contributed by atoms with van der Waals surface area (Å²) < 4.78 is 0. The van der Waals surface area contributed by atoms with E-state index in [1.807, 2.05) is 0 Å².